The Balaban J connectivity index is 0. The Morgan fingerprint density at radius 2 is 1.13 bits per heavy atom. The zero-order chi connectivity index (χ0) is 13.1. The first-order chi connectivity index (χ1) is 6.19. The van der Waals surface area contributed by atoms with Gasteiger partial charge in [0.05, 0.1) is 0 Å². The Morgan fingerprint density at radius 1 is 1.00 bits per heavy atom. The van der Waals surface area contributed by atoms with Crippen LogP contribution in [0.3, 0.4) is 0 Å². The number of allylic oxidation sites excluding steroid dienone is 1. The van der Waals surface area contributed by atoms with Crippen molar-refractivity contribution >= 4 is 11.6 Å². The van der Waals surface area contributed by atoms with E-state index < -0.39 is 23.3 Å². The summed E-state index contributed by atoms with van der Waals surface area (Å²) in [6.45, 7) is 2.28. The number of alkyl halides is 8. The van der Waals surface area contributed by atoms with Crippen molar-refractivity contribution in [1.82, 2.24) is 0 Å². The first-order valence-corrected chi connectivity index (χ1v) is 3.43. The minimum absolute atomic E-state index is 0.245. The van der Waals surface area contributed by atoms with E-state index in [1.807, 2.05) is 6.58 Å². The summed E-state index contributed by atoms with van der Waals surface area (Å²) in [5.74, 6) is -2.26. The van der Waals surface area contributed by atoms with Crippen LogP contribution in [0, 0.1) is 0 Å². The monoisotopic (exact) mass is 264 g/mol. The van der Waals surface area contributed by atoms with Crippen LogP contribution in [0.1, 0.15) is 6.92 Å². The van der Waals surface area contributed by atoms with Crippen LogP contribution >= 0.6 is 11.6 Å². The predicted molar refractivity (Wildman–Crippen MR) is 37.7 cm³/mol. The molecule has 0 radical (unpaired) electrons. The number of rotatable bonds is 0. The second kappa shape index (κ2) is 5.00. The van der Waals surface area contributed by atoms with E-state index in [9.17, 15) is 35.1 Å². The van der Waals surface area contributed by atoms with E-state index in [1.54, 1.807) is 0 Å². The molecular weight excluding hydrogens is 260 g/mol. The smallest absolute Gasteiger partial charge is 0.216 e. The molecule has 0 aromatic carbocycles. The van der Waals surface area contributed by atoms with Gasteiger partial charge in [-0.15, -0.1) is 0 Å². The third-order valence-electron chi connectivity index (χ3n) is 0.805. The molecule has 1 atom stereocenters. The van der Waals surface area contributed by atoms with Crippen LogP contribution in [0.2, 0.25) is 0 Å². The van der Waals surface area contributed by atoms with Gasteiger partial charge in [-0.25, -0.2) is 8.78 Å². The van der Waals surface area contributed by atoms with Crippen LogP contribution < -0.4 is 0 Å². The van der Waals surface area contributed by atoms with Crippen molar-refractivity contribution in [3.63, 3.8) is 0 Å². The third-order valence-corrected chi connectivity index (χ3v) is 1.02. The number of hydrogen-bond acceptors (Lipinski definition) is 0. The van der Waals surface area contributed by atoms with Gasteiger partial charge in [0, 0.05) is 0 Å². The molecule has 15 heavy (non-hydrogen) atoms. The molecule has 0 N–H and O–H groups in total. The van der Waals surface area contributed by atoms with Crippen molar-refractivity contribution in [2.75, 3.05) is 0 Å². The molecule has 0 aliphatic carbocycles. The molecule has 9 heteroatoms. The summed E-state index contributed by atoms with van der Waals surface area (Å²) in [6.07, 6.45) is -9.82. The van der Waals surface area contributed by atoms with Gasteiger partial charge in [-0.05, 0) is 6.92 Å². The topological polar surface area (TPSA) is 0 Å². The second-order valence-corrected chi connectivity index (χ2v) is 3.00. The quantitative estimate of drug-likeness (QED) is 0.446. The van der Waals surface area contributed by atoms with Crippen molar-refractivity contribution in [1.29, 1.82) is 0 Å². The molecule has 0 aliphatic rings. The van der Waals surface area contributed by atoms with Crippen LogP contribution in [-0.2, 0) is 0 Å². The maximum atomic E-state index is 11.5. The highest BCUT2D eigenvalue weighted by atomic mass is 35.5. The summed E-state index contributed by atoms with van der Waals surface area (Å²) in [6, 6.07) is 0. The standard InChI is InChI=1S/C3H3ClF4.C3H2F4/c1-2(4,5)3(6,7)8;1-2(4)3(5,6)7/h1H3;1H2. The van der Waals surface area contributed by atoms with Crippen LogP contribution in [0.5, 0.6) is 0 Å². The molecule has 0 aromatic rings. The van der Waals surface area contributed by atoms with E-state index in [0.29, 0.717) is 0 Å². The van der Waals surface area contributed by atoms with Gasteiger partial charge in [0.15, 0.2) is 5.83 Å². The van der Waals surface area contributed by atoms with Crippen LogP contribution in [0.15, 0.2) is 12.4 Å². The fourth-order valence-electron chi connectivity index (χ4n) is 0. The molecule has 1 unspecified atom stereocenters. The Morgan fingerprint density at radius 3 is 1.13 bits per heavy atom. The van der Waals surface area contributed by atoms with Gasteiger partial charge in [0.2, 0.25) is 0 Å². The molecule has 0 bridgehead atoms. The summed E-state index contributed by atoms with van der Waals surface area (Å²) in [4.78, 5) is 0. The minimum Gasteiger partial charge on any atom is -0.216 e. The van der Waals surface area contributed by atoms with E-state index in [-0.39, 0.29) is 6.92 Å². The van der Waals surface area contributed by atoms with Crippen molar-refractivity contribution in [2.24, 2.45) is 0 Å². The first kappa shape index (κ1) is 16.9. The average molecular weight is 265 g/mol. The van der Waals surface area contributed by atoms with Gasteiger partial charge >= 0.3 is 12.4 Å². The summed E-state index contributed by atoms with van der Waals surface area (Å²) >= 11 is 4.22. The summed E-state index contributed by atoms with van der Waals surface area (Å²) < 4.78 is 87.7. The second-order valence-electron chi connectivity index (χ2n) is 2.29. The molecule has 0 nitrogen and oxygen atoms in total. The molecular formula is C6H5ClF8. The minimum atomic E-state index is -4.96. The SMILES string of the molecule is C=C(F)C(F)(F)F.CC(F)(Cl)C(F)(F)F. The lowest BCUT2D eigenvalue weighted by molar-refractivity contribution is -0.192. The largest absolute Gasteiger partial charge is 0.442 e. The van der Waals surface area contributed by atoms with Crippen LogP contribution in [-0.4, -0.2) is 17.5 Å². The third kappa shape index (κ3) is 8.46. The number of halogens is 9. The molecule has 0 aromatic heterocycles. The Labute approximate surface area is 84.5 Å². The van der Waals surface area contributed by atoms with E-state index in [1.165, 1.54) is 0 Å². The molecule has 0 spiro atoms. The molecule has 0 aliphatic heterocycles. The van der Waals surface area contributed by atoms with E-state index in [2.05, 4.69) is 11.6 Å². The molecule has 92 valence electrons. The molecule has 0 saturated heterocycles. The van der Waals surface area contributed by atoms with Crippen molar-refractivity contribution < 1.29 is 35.1 Å². The fourth-order valence-corrected chi connectivity index (χ4v) is 0. The lowest BCUT2D eigenvalue weighted by atomic mass is 10.4. The number of hydrogen-bond donors (Lipinski definition) is 0. The predicted octanol–water partition coefficient (Wildman–Crippen LogP) is 4.51. The van der Waals surface area contributed by atoms with Gasteiger partial charge < -0.3 is 0 Å². The van der Waals surface area contributed by atoms with Crippen molar-refractivity contribution in [2.45, 2.75) is 24.4 Å². The average Bonchev–Trinajstić information content (AvgIpc) is 1.80. The molecule has 0 heterocycles. The Hall–Kier alpha value is -0.530. The van der Waals surface area contributed by atoms with Gasteiger partial charge in [-0.1, -0.05) is 18.2 Å². The fraction of sp³-hybridized carbons (Fsp3) is 0.667. The highest BCUT2D eigenvalue weighted by molar-refractivity contribution is 6.23. The normalized spacial score (nSPS) is 16.1. The van der Waals surface area contributed by atoms with Crippen LogP contribution in [0.4, 0.5) is 35.1 Å². The first-order valence-electron chi connectivity index (χ1n) is 3.05. The lowest BCUT2D eigenvalue weighted by Gasteiger charge is -2.14. The van der Waals surface area contributed by atoms with Gasteiger partial charge in [-0.3, -0.25) is 0 Å². The van der Waals surface area contributed by atoms with E-state index >= 15 is 0 Å². The molecule has 0 rings (SSSR count). The highest BCUT2D eigenvalue weighted by Gasteiger charge is 2.50. The van der Waals surface area contributed by atoms with Crippen LogP contribution in [0.25, 0.3) is 0 Å². The Bertz CT molecular complexity index is 195. The maximum absolute atomic E-state index is 11.5. The van der Waals surface area contributed by atoms with E-state index in [0.717, 1.165) is 0 Å². The highest BCUT2D eigenvalue weighted by Crippen LogP contribution is 2.36. The molecule has 0 saturated carbocycles. The zero-order valence-electron chi connectivity index (χ0n) is 7.11. The summed E-state index contributed by atoms with van der Waals surface area (Å²) in [5, 5.41) is -3.59. The zero-order valence-corrected chi connectivity index (χ0v) is 7.86. The van der Waals surface area contributed by atoms with Gasteiger partial charge in [0.1, 0.15) is 0 Å². The van der Waals surface area contributed by atoms with E-state index in [4.69, 9.17) is 0 Å². The Kier molecular flexibility index (Phi) is 5.63. The van der Waals surface area contributed by atoms with Gasteiger partial charge in [-0.2, -0.15) is 26.3 Å². The summed E-state index contributed by atoms with van der Waals surface area (Å²) in [5.41, 5.74) is 0. The van der Waals surface area contributed by atoms with Gasteiger partial charge in [0.25, 0.3) is 5.13 Å². The molecule has 0 fully saturated rings. The van der Waals surface area contributed by atoms with Crippen molar-refractivity contribution in [3.05, 3.63) is 12.4 Å². The van der Waals surface area contributed by atoms with Crippen molar-refractivity contribution in [3.8, 4) is 0 Å². The maximum Gasteiger partial charge on any atom is 0.442 e. The summed E-state index contributed by atoms with van der Waals surface area (Å²) in [7, 11) is 0. The molecule has 0 amide bonds. The lowest BCUT2D eigenvalue weighted by Crippen LogP contribution is -2.31.